The zero-order valence-electron chi connectivity index (χ0n) is 21.2. The molecule has 1 amide bonds. The monoisotopic (exact) mass is 496 g/mol. The summed E-state index contributed by atoms with van der Waals surface area (Å²) in [5.41, 5.74) is 1.27. The van der Waals surface area contributed by atoms with Crippen LogP contribution in [-0.2, 0) is 19.6 Å². The number of likely N-dealkylation sites (N-methyl/N-ethyl adjacent to an activating group) is 2. The van der Waals surface area contributed by atoms with Gasteiger partial charge in [0.05, 0.1) is 18.6 Å². The molecule has 1 aromatic rings. The molecule has 0 unspecified atom stereocenters. The van der Waals surface area contributed by atoms with Crippen molar-refractivity contribution in [1.82, 2.24) is 19.4 Å². The van der Waals surface area contributed by atoms with Gasteiger partial charge in [-0.3, -0.25) is 9.69 Å². The summed E-state index contributed by atoms with van der Waals surface area (Å²) < 4.78 is 38.3. The standard InChI is InChI=1S/C24H40N4O5S/c1-18-14-22(32-5)15-19(2)24(18)34(30,31)26(3)12-13-33-17-23(29)27(4)20-6-7-21(16-20)28-10-8-25-9-11-28/h14-15,20-21,25H,6-13,16-17H2,1-5H3/t20-,21+/m1/s1. The molecule has 1 saturated heterocycles. The van der Waals surface area contributed by atoms with E-state index in [1.807, 2.05) is 11.9 Å². The highest BCUT2D eigenvalue weighted by molar-refractivity contribution is 7.89. The Kier molecular flexibility index (Phi) is 9.34. The molecule has 1 N–H and O–H groups in total. The van der Waals surface area contributed by atoms with Gasteiger partial charge < -0.3 is 19.7 Å². The fourth-order valence-electron chi connectivity index (χ4n) is 5.03. The van der Waals surface area contributed by atoms with Crippen LogP contribution < -0.4 is 10.1 Å². The fraction of sp³-hybridized carbons (Fsp3) is 0.708. The summed E-state index contributed by atoms with van der Waals surface area (Å²) in [5, 5.41) is 3.39. The number of piperazine rings is 1. The largest absolute Gasteiger partial charge is 0.497 e. The first kappa shape index (κ1) is 26.9. The van der Waals surface area contributed by atoms with E-state index in [1.54, 1.807) is 33.1 Å². The van der Waals surface area contributed by atoms with Gasteiger partial charge in [-0.15, -0.1) is 0 Å². The summed E-state index contributed by atoms with van der Waals surface area (Å²) in [5.74, 6) is 0.572. The number of methoxy groups -OCH3 is 1. The van der Waals surface area contributed by atoms with Crippen molar-refractivity contribution in [2.75, 3.05) is 67.1 Å². The molecule has 10 heteroatoms. The van der Waals surface area contributed by atoms with Crippen LogP contribution in [-0.4, -0.2) is 108 Å². The summed E-state index contributed by atoms with van der Waals surface area (Å²) in [7, 11) is 1.26. The highest BCUT2D eigenvalue weighted by Crippen LogP contribution is 2.29. The number of hydrogen-bond donors (Lipinski definition) is 1. The molecule has 1 aliphatic carbocycles. The molecule has 1 heterocycles. The van der Waals surface area contributed by atoms with Gasteiger partial charge in [-0.2, -0.15) is 4.31 Å². The van der Waals surface area contributed by atoms with Gasteiger partial charge in [0, 0.05) is 58.9 Å². The van der Waals surface area contributed by atoms with E-state index >= 15 is 0 Å². The van der Waals surface area contributed by atoms with Crippen LogP contribution in [0.5, 0.6) is 5.75 Å². The number of hydrogen-bond acceptors (Lipinski definition) is 7. The first-order chi connectivity index (χ1) is 16.1. The van der Waals surface area contributed by atoms with Crippen LogP contribution in [0, 0.1) is 13.8 Å². The van der Waals surface area contributed by atoms with Crippen LogP contribution in [0.1, 0.15) is 30.4 Å². The quantitative estimate of drug-likeness (QED) is 0.487. The zero-order valence-corrected chi connectivity index (χ0v) is 22.0. The van der Waals surface area contributed by atoms with Crippen LogP contribution in [0.2, 0.25) is 0 Å². The number of aryl methyl sites for hydroxylation is 2. The molecule has 192 valence electrons. The Bertz CT molecular complexity index is 926. The minimum atomic E-state index is -3.68. The van der Waals surface area contributed by atoms with E-state index in [0.717, 1.165) is 45.4 Å². The molecule has 1 saturated carbocycles. The first-order valence-corrected chi connectivity index (χ1v) is 13.5. The van der Waals surface area contributed by atoms with Crippen LogP contribution >= 0.6 is 0 Å². The third-order valence-electron chi connectivity index (χ3n) is 7.10. The van der Waals surface area contributed by atoms with E-state index < -0.39 is 10.0 Å². The van der Waals surface area contributed by atoms with Crippen molar-refractivity contribution < 1.29 is 22.7 Å². The summed E-state index contributed by atoms with van der Waals surface area (Å²) in [6.07, 6.45) is 3.14. The number of sulfonamides is 1. The maximum absolute atomic E-state index is 13.1. The van der Waals surface area contributed by atoms with Gasteiger partial charge in [-0.05, 0) is 56.4 Å². The predicted molar refractivity (Wildman–Crippen MR) is 132 cm³/mol. The van der Waals surface area contributed by atoms with Crippen molar-refractivity contribution in [2.24, 2.45) is 0 Å². The Morgan fingerprint density at radius 3 is 2.41 bits per heavy atom. The molecule has 34 heavy (non-hydrogen) atoms. The van der Waals surface area contributed by atoms with Crippen molar-refractivity contribution in [3.63, 3.8) is 0 Å². The number of rotatable bonds is 10. The molecule has 0 aromatic heterocycles. The lowest BCUT2D eigenvalue weighted by Crippen LogP contribution is -2.48. The number of carbonyl (C=O) groups is 1. The number of benzene rings is 1. The maximum Gasteiger partial charge on any atom is 0.248 e. The highest BCUT2D eigenvalue weighted by Gasteiger charge is 2.33. The van der Waals surface area contributed by atoms with Crippen LogP contribution in [0.4, 0.5) is 0 Å². The van der Waals surface area contributed by atoms with Crippen LogP contribution in [0.15, 0.2) is 17.0 Å². The number of nitrogens with zero attached hydrogens (tertiary/aromatic N) is 3. The second kappa shape index (κ2) is 11.8. The second-order valence-electron chi connectivity index (χ2n) is 9.38. The highest BCUT2D eigenvalue weighted by atomic mass is 32.2. The van der Waals surface area contributed by atoms with Gasteiger partial charge in [0.1, 0.15) is 12.4 Å². The first-order valence-electron chi connectivity index (χ1n) is 12.0. The Labute approximate surface area is 204 Å². The molecule has 1 aliphatic heterocycles. The number of amides is 1. The molecule has 2 atom stereocenters. The lowest BCUT2D eigenvalue weighted by Gasteiger charge is -2.33. The predicted octanol–water partition coefficient (Wildman–Crippen LogP) is 1.23. The van der Waals surface area contributed by atoms with Crippen LogP contribution in [0.3, 0.4) is 0 Å². The lowest BCUT2D eigenvalue weighted by molar-refractivity contribution is -0.136. The summed E-state index contributed by atoms with van der Waals surface area (Å²) in [4.78, 5) is 17.3. The van der Waals surface area contributed by atoms with Crippen molar-refractivity contribution in [1.29, 1.82) is 0 Å². The Morgan fingerprint density at radius 2 is 1.79 bits per heavy atom. The number of carbonyl (C=O) groups excluding carboxylic acids is 1. The van der Waals surface area contributed by atoms with Crippen molar-refractivity contribution in [2.45, 2.75) is 50.1 Å². The molecule has 0 spiro atoms. The van der Waals surface area contributed by atoms with Crippen molar-refractivity contribution >= 4 is 15.9 Å². The molecule has 2 aliphatic rings. The van der Waals surface area contributed by atoms with Crippen molar-refractivity contribution in [3.05, 3.63) is 23.3 Å². The Balaban J connectivity index is 1.45. The Morgan fingerprint density at radius 1 is 1.15 bits per heavy atom. The molecule has 0 bridgehead atoms. The third-order valence-corrected chi connectivity index (χ3v) is 9.26. The minimum absolute atomic E-state index is 0.0419. The second-order valence-corrected chi connectivity index (χ2v) is 11.4. The molecule has 2 fully saturated rings. The van der Waals surface area contributed by atoms with E-state index in [9.17, 15) is 13.2 Å². The van der Waals surface area contributed by atoms with Gasteiger partial charge in [-0.1, -0.05) is 0 Å². The SMILES string of the molecule is COc1cc(C)c(S(=O)(=O)N(C)CCOCC(=O)N(C)[C@@H]2CC[C@H](N3CCNCC3)C2)c(C)c1. The summed E-state index contributed by atoms with van der Waals surface area (Å²) >= 11 is 0. The molecular weight excluding hydrogens is 456 g/mol. The van der Waals surface area contributed by atoms with E-state index in [4.69, 9.17) is 9.47 Å². The number of nitrogens with one attached hydrogen (secondary N) is 1. The topological polar surface area (TPSA) is 91.4 Å². The van der Waals surface area contributed by atoms with Gasteiger partial charge in [-0.25, -0.2) is 8.42 Å². The molecule has 0 radical (unpaired) electrons. The Hall–Kier alpha value is -1.72. The average molecular weight is 497 g/mol. The smallest absolute Gasteiger partial charge is 0.248 e. The van der Waals surface area contributed by atoms with E-state index in [0.29, 0.717) is 22.9 Å². The molecular formula is C24H40N4O5S. The minimum Gasteiger partial charge on any atom is -0.497 e. The summed E-state index contributed by atoms with van der Waals surface area (Å²) in [6.45, 7) is 8.01. The van der Waals surface area contributed by atoms with Gasteiger partial charge >= 0.3 is 0 Å². The fourth-order valence-corrected chi connectivity index (χ4v) is 6.59. The van der Waals surface area contributed by atoms with Gasteiger partial charge in [0.25, 0.3) is 0 Å². The average Bonchev–Trinajstić information content (AvgIpc) is 3.31. The molecule has 9 nitrogen and oxygen atoms in total. The van der Waals surface area contributed by atoms with Crippen LogP contribution in [0.25, 0.3) is 0 Å². The van der Waals surface area contributed by atoms with E-state index in [-0.39, 0.29) is 36.6 Å². The van der Waals surface area contributed by atoms with E-state index in [1.165, 1.54) is 11.4 Å². The number of ether oxygens (including phenoxy) is 2. The molecule has 3 rings (SSSR count). The zero-order chi connectivity index (χ0) is 24.9. The normalized spacial score (nSPS) is 21.7. The van der Waals surface area contributed by atoms with Gasteiger partial charge in [0.2, 0.25) is 15.9 Å². The third kappa shape index (κ3) is 6.28. The lowest BCUT2D eigenvalue weighted by atomic mass is 10.1. The van der Waals surface area contributed by atoms with E-state index in [2.05, 4.69) is 10.2 Å². The molecule has 1 aromatic carbocycles. The van der Waals surface area contributed by atoms with Gasteiger partial charge in [0.15, 0.2) is 0 Å². The maximum atomic E-state index is 13.1. The summed E-state index contributed by atoms with van der Waals surface area (Å²) in [6, 6.07) is 4.22. The van der Waals surface area contributed by atoms with Crippen molar-refractivity contribution in [3.8, 4) is 5.75 Å².